The van der Waals surface area contributed by atoms with Gasteiger partial charge in [0.15, 0.2) is 5.96 Å². The Labute approximate surface area is 146 Å². The molecule has 0 amide bonds. The van der Waals surface area contributed by atoms with E-state index in [1.54, 1.807) is 0 Å². The summed E-state index contributed by atoms with van der Waals surface area (Å²) in [5.41, 5.74) is 1.28. The maximum absolute atomic E-state index is 5.94. The largest absolute Gasteiger partial charge is 0.378 e. The molecule has 0 aliphatic heterocycles. The molecule has 1 aliphatic rings. The molecule has 1 fully saturated rings. The number of hydrogen-bond acceptors (Lipinski definition) is 3. The molecule has 1 saturated carbocycles. The molecule has 1 aromatic heterocycles. The Morgan fingerprint density at radius 3 is 2.67 bits per heavy atom. The lowest BCUT2D eigenvalue weighted by molar-refractivity contribution is 0.0277. The summed E-state index contributed by atoms with van der Waals surface area (Å²) in [5, 5.41) is 10.9. The Kier molecular flexibility index (Phi) is 8.66. The van der Waals surface area contributed by atoms with Crippen LogP contribution < -0.4 is 10.6 Å². The van der Waals surface area contributed by atoms with Crippen LogP contribution in [0, 0.1) is 0 Å². The highest BCUT2D eigenvalue weighted by molar-refractivity contribution is 5.79. The Balaban J connectivity index is 1.47. The monoisotopic (exact) mass is 335 g/mol. The van der Waals surface area contributed by atoms with Crippen molar-refractivity contribution in [3.63, 3.8) is 0 Å². The number of aromatic nitrogens is 2. The third-order valence-corrected chi connectivity index (χ3v) is 4.44. The van der Waals surface area contributed by atoms with Crippen LogP contribution in [-0.2, 0) is 18.2 Å². The molecule has 1 aliphatic carbocycles. The van der Waals surface area contributed by atoms with Crippen molar-refractivity contribution >= 4 is 5.96 Å². The van der Waals surface area contributed by atoms with Crippen LogP contribution >= 0.6 is 0 Å². The van der Waals surface area contributed by atoms with Gasteiger partial charge in [0.05, 0.1) is 12.3 Å². The molecule has 0 radical (unpaired) electrons. The van der Waals surface area contributed by atoms with Gasteiger partial charge in [-0.15, -0.1) is 0 Å². The third kappa shape index (κ3) is 7.34. The molecule has 0 saturated heterocycles. The topological polar surface area (TPSA) is 63.5 Å². The standard InChI is InChI=1S/C18H33N5O/c1-19-18(20-11-6-8-16-14-22-23(2)15-16)21-12-7-13-24-17-9-4-3-5-10-17/h14-15,17H,3-13H2,1-2H3,(H2,19,20,21). The van der Waals surface area contributed by atoms with Crippen molar-refractivity contribution < 1.29 is 4.74 Å². The fourth-order valence-corrected chi connectivity index (χ4v) is 3.08. The predicted molar refractivity (Wildman–Crippen MR) is 98.3 cm³/mol. The van der Waals surface area contributed by atoms with Crippen molar-refractivity contribution in [2.24, 2.45) is 12.0 Å². The van der Waals surface area contributed by atoms with E-state index in [1.165, 1.54) is 37.7 Å². The minimum atomic E-state index is 0.503. The van der Waals surface area contributed by atoms with Gasteiger partial charge < -0.3 is 15.4 Å². The molecule has 1 heterocycles. The summed E-state index contributed by atoms with van der Waals surface area (Å²) in [6, 6.07) is 0. The highest BCUT2D eigenvalue weighted by Gasteiger charge is 2.12. The van der Waals surface area contributed by atoms with E-state index in [0.29, 0.717) is 6.10 Å². The highest BCUT2D eigenvalue weighted by atomic mass is 16.5. The molecule has 1 aromatic rings. The first-order valence-corrected chi connectivity index (χ1v) is 9.31. The molecule has 0 unspecified atom stereocenters. The maximum Gasteiger partial charge on any atom is 0.190 e. The summed E-state index contributed by atoms with van der Waals surface area (Å²) in [5.74, 6) is 0.874. The molecule has 24 heavy (non-hydrogen) atoms. The zero-order valence-corrected chi connectivity index (χ0v) is 15.3. The van der Waals surface area contributed by atoms with Gasteiger partial charge in [-0.1, -0.05) is 19.3 Å². The minimum absolute atomic E-state index is 0.503. The first-order chi connectivity index (χ1) is 11.8. The average molecular weight is 335 g/mol. The van der Waals surface area contributed by atoms with E-state index < -0.39 is 0 Å². The fraction of sp³-hybridized carbons (Fsp3) is 0.778. The van der Waals surface area contributed by atoms with Crippen molar-refractivity contribution in [2.45, 2.75) is 57.5 Å². The predicted octanol–water partition coefficient (Wildman–Crippen LogP) is 2.26. The summed E-state index contributed by atoms with van der Waals surface area (Å²) in [6.45, 7) is 2.65. The van der Waals surface area contributed by atoms with Gasteiger partial charge in [0, 0.05) is 40.0 Å². The molecule has 2 N–H and O–H groups in total. The molecular formula is C18H33N5O. The Morgan fingerprint density at radius 2 is 2.00 bits per heavy atom. The smallest absolute Gasteiger partial charge is 0.190 e. The minimum Gasteiger partial charge on any atom is -0.378 e. The van der Waals surface area contributed by atoms with Gasteiger partial charge in [-0.3, -0.25) is 9.67 Å². The number of nitrogens with one attached hydrogen (secondary N) is 2. The van der Waals surface area contributed by atoms with E-state index in [0.717, 1.165) is 44.9 Å². The van der Waals surface area contributed by atoms with Gasteiger partial charge in [-0.2, -0.15) is 5.10 Å². The molecule has 0 aromatic carbocycles. The average Bonchev–Trinajstić information content (AvgIpc) is 3.02. The molecular weight excluding hydrogens is 302 g/mol. The number of rotatable bonds is 9. The maximum atomic E-state index is 5.94. The number of guanidine groups is 1. The van der Waals surface area contributed by atoms with Gasteiger partial charge >= 0.3 is 0 Å². The lowest BCUT2D eigenvalue weighted by Crippen LogP contribution is -2.38. The summed E-state index contributed by atoms with van der Waals surface area (Å²) in [4.78, 5) is 4.26. The van der Waals surface area contributed by atoms with E-state index in [-0.39, 0.29) is 0 Å². The van der Waals surface area contributed by atoms with Gasteiger partial charge in [-0.05, 0) is 37.7 Å². The SMILES string of the molecule is CN=C(NCCCOC1CCCCC1)NCCCc1cnn(C)c1. The van der Waals surface area contributed by atoms with Crippen molar-refractivity contribution in [1.82, 2.24) is 20.4 Å². The van der Waals surface area contributed by atoms with Crippen molar-refractivity contribution in [3.05, 3.63) is 18.0 Å². The number of aryl methyl sites for hydroxylation is 2. The molecule has 136 valence electrons. The van der Waals surface area contributed by atoms with E-state index in [4.69, 9.17) is 4.74 Å². The number of nitrogens with zero attached hydrogens (tertiary/aromatic N) is 3. The first kappa shape index (κ1) is 18.8. The van der Waals surface area contributed by atoms with Crippen LogP contribution in [0.3, 0.4) is 0 Å². The van der Waals surface area contributed by atoms with Gasteiger partial charge in [0.2, 0.25) is 0 Å². The number of aliphatic imine (C=N–C) groups is 1. The zero-order valence-electron chi connectivity index (χ0n) is 15.3. The van der Waals surface area contributed by atoms with Gasteiger partial charge in [0.1, 0.15) is 0 Å². The van der Waals surface area contributed by atoms with Gasteiger partial charge in [-0.25, -0.2) is 0 Å². The van der Waals surface area contributed by atoms with Crippen molar-refractivity contribution in [2.75, 3.05) is 26.7 Å². The molecule has 0 spiro atoms. The quantitative estimate of drug-likeness (QED) is 0.413. The molecule has 6 heteroatoms. The van der Waals surface area contributed by atoms with Crippen LogP contribution in [0.5, 0.6) is 0 Å². The van der Waals surface area contributed by atoms with Crippen LogP contribution in [-0.4, -0.2) is 48.6 Å². The zero-order chi connectivity index (χ0) is 17.0. The lowest BCUT2D eigenvalue weighted by atomic mass is 9.98. The fourth-order valence-electron chi connectivity index (χ4n) is 3.08. The second kappa shape index (κ2) is 11.1. The highest BCUT2D eigenvalue weighted by Crippen LogP contribution is 2.20. The number of ether oxygens (including phenoxy) is 1. The number of hydrogen-bond donors (Lipinski definition) is 2. The third-order valence-electron chi connectivity index (χ3n) is 4.44. The second-order valence-corrected chi connectivity index (χ2v) is 6.54. The van der Waals surface area contributed by atoms with E-state index in [2.05, 4.69) is 26.9 Å². The summed E-state index contributed by atoms with van der Waals surface area (Å²) in [7, 11) is 3.76. The van der Waals surface area contributed by atoms with Crippen LogP contribution in [0.4, 0.5) is 0 Å². The Bertz CT molecular complexity index is 480. The Hall–Kier alpha value is -1.56. The first-order valence-electron chi connectivity index (χ1n) is 9.31. The summed E-state index contributed by atoms with van der Waals surface area (Å²) < 4.78 is 7.79. The molecule has 2 rings (SSSR count). The molecule has 0 bridgehead atoms. The van der Waals surface area contributed by atoms with Crippen LogP contribution in [0.15, 0.2) is 17.4 Å². The van der Waals surface area contributed by atoms with Crippen LogP contribution in [0.2, 0.25) is 0 Å². The lowest BCUT2D eigenvalue weighted by Gasteiger charge is -2.22. The Morgan fingerprint density at radius 1 is 1.25 bits per heavy atom. The van der Waals surface area contributed by atoms with Crippen LogP contribution in [0.25, 0.3) is 0 Å². The van der Waals surface area contributed by atoms with E-state index >= 15 is 0 Å². The normalized spacial score (nSPS) is 16.3. The summed E-state index contributed by atoms with van der Waals surface area (Å²) >= 11 is 0. The van der Waals surface area contributed by atoms with Gasteiger partial charge in [0.25, 0.3) is 0 Å². The van der Waals surface area contributed by atoms with Crippen molar-refractivity contribution in [1.29, 1.82) is 0 Å². The molecule has 0 atom stereocenters. The van der Waals surface area contributed by atoms with Crippen molar-refractivity contribution in [3.8, 4) is 0 Å². The van der Waals surface area contributed by atoms with E-state index in [9.17, 15) is 0 Å². The summed E-state index contributed by atoms with van der Waals surface area (Å²) in [6.07, 6.45) is 14.2. The van der Waals surface area contributed by atoms with E-state index in [1.807, 2.05) is 25.0 Å². The second-order valence-electron chi connectivity index (χ2n) is 6.54. The molecule has 6 nitrogen and oxygen atoms in total. The van der Waals surface area contributed by atoms with Crippen LogP contribution in [0.1, 0.15) is 50.5 Å².